The zero-order chi connectivity index (χ0) is 29.1. The summed E-state index contributed by atoms with van der Waals surface area (Å²) < 4.78 is 5.71. The number of aliphatic hydroxyl groups is 1. The Kier molecular flexibility index (Phi) is 15.4. The van der Waals surface area contributed by atoms with Gasteiger partial charge in [-0.3, -0.25) is 9.79 Å². The van der Waals surface area contributed by atoms with E-state index in [0.29, 0.717) is 6.04 Å². The van der Waals surface area contributed by atoms with Gasteiger partial charge in [0.25, 0.3) is 0 Å². The number of allylic oxidation sites excluding steroid dienone is 4. The topological polar surface area (TPSA) is 79.1 Å². The molecule has 0 aromatic heterocycles. The van der Waals surface area contributed by atoms with Crippen LogP contribution in [0, 0.1) is 5.92 Å². The van der Waals surface area contributed by atoms with Gasteiger partial charge in [0.1, 0.15) is 0 Å². The Morgan fingerprint density at radius 3 is 2.42 bits per heavy atom. The highest BCUT2D eigenvalue weighted by Crippen LogP contribution is 2.39. The van der Waals surface area contributed by atoms with Crippen LogP contribution in [-0.4, -0.2) is 60.0 Å². The molecule has 0 aromatic carbocycles. The lowest BCUT2D eigenvalue weighted by atomic mass is 10.0. The van der Waals surface area contributed by atoms with Crippen LogP contribution in [0.1, 0.15) is 94.9 Å². The molecule has 5 atom stereocenters. The van der Waals surface area contributed by atoms with E-state index in [1.54, 1.807) is 11.8 Å². The van der Waals surface area contributed by atoms with Gasteiger partial charge < -0.3 is 14.4 Å². The number of aliphatic imine (C=N–C) groups is 1. The summed E-state index contributed by atoms with van der Waals surface area (Å²) in [6.45, 7) is 20.9. The van der Waals surface area contributed by atoms with Crippen LogP contribution in [0.5, 0.6) is 0 Å². The Labute approximate surface area is 245 Å². The van der Waals surface area contributed by atoms with Gasteiger partial charge in [0.2, 0.25) is 0 Å². The second-order valence-corrected chi connectivity index (χ2v) is 16.7. The Hall–Kier alpha value is -0.670. The van der Waals surface area contributed by atoms with Gasteiger partial charge >= 0.3 is 5.97 Å². The van der Waals surface area contributed by atoms with Crippen LogP contribution in [0.4, 0.5) is 0 Å². The van der Waals surface area contributed by atoms with Gasteiger partial charge in [-0.2, -0.15) is 0 Å². The molecule has 0 saturated heterocycles. The molecule has 1 aliphatic rings. The lowest BCUT2D eigenvalue weighted by Gasteiger charge is -2.36. The lowest BCUT2D eigenvalue weighted by Crippen LogP contribution is -2.40. The molecular weight excluding hydrogens is 535 g/mol. The van der Waals surface area contributed by atoms with Gasteiger partial charge in [-0.25, -0.2) is 0 Å². The van der Waals surface area contributed by atoms with Crippen molar-refractivity contribution in [1.29, 1.82) is 0 Å². The number of rotatable bonds is 16. The number of carbonyl (C=O) groups is 1. The second kappa shape index (κ2) is 16.6. The first-order valence-corrected chi connectivity index (χ1v) is 16.2. The normalized spacial score (nSPS) is 20.9. The highest BCUT2D eigenvalue weighted by atomic mass is 32.2. The van der Waals surface area contributed by atoms with E-state index in [-0.39, 0.29) is 28.4 Å². The van der Waals surface area contributed by atoms with Crippen molar-refractivity contribution in [2.45, 2.75) is 128 Å². The molecular formula is C30H51NO4S3. The van der Waals surface area contributed by atoms with Gasteiger partial charge in [0.05, 0.1) is 29.7 Å². The fraction of sp³-hybridized carbons (Fsp3) is 0.733. The Morgan fingerprint density at radius 1 is 1.21 bits per heavy atom. The summed E-state index contributed by atoms with van der Waals surface area (Å²) >= 11 is 4.91. The van der Waals surface area contributed by atoms with Crippen LogP contribution < -0.4 is 0 Å². The van der Waals surface area contributed by atoms with Gasteiger partial charge in [-0.05, 0) is 86.7 Å². The molecule has 38 heavy (non-hydrogen) atoms. The summed E-state index contributed by atoms with van der Waals surface area (Å²) in [5.41, 5.74) is 2.76. The Morgan fingerprint density at radius 2 is 1.87 bits per heavy atom. The van der Waals surface area contributed by atoms with E-state index in [9.17, 15) is 9.90 Å². The molecule has 8 heteroatoms. The third-order valence-corrected chi connectivity index (χ3v) is 9.62. The molecule has 0 aliphatic carbocycles. The maximum Gasteiger partial charge on any atom is 0.306 e. The number of carboxylic acid groups (broad SMARTS) is 1. The highest BCUT2D eigenvalue weighted by molar-refractivity contribution is 8.14. The third-order valence-electron chi connectivity index (χ3n) is 6.25. The van der Waals surface area contributed by atoms with E-state index < -0.39 is 16.8 Å². The molecule has 0 aromatic rings. The van der Waals surface area contributed by atoms with E-state index in [1.165, 1.54) is 28.2 Å². The summed E-state index contributed by atoms with van der Waals surface area (Å²) in [7, 11) is 0. The number of carboxylic acids is 1. The highest BCUT2D eigenvalue weighted by Gasteiger charge is 2.36. The van der Waals surface area contributed by atoms with E-state index in [0.717, 1.165) is 25.0 Å². The van der Waals surface area contributed by atoms with E-state index in [2.05, 4.69) is 84.7 Å². The van der Waals surface area contributed by atoms with Crippen molar-refractivity contribution >= 4 is 46.6 Å². The van der Waals surface area contributed by atoms with Crippen LogP contribution in [0.3, 0.4) is 0 Å². The van der Waals surface area contributed by atoms with Crippen molar-refractivity contribution in [3.8, 4) is 0 Å². The van der Waals surface area contributed by atoms with Crippen molar-refractivity contribution in [3.05, 3.63) is 35.5 Å². The smallest absolute Gasteiger partial charge is 0.306 e. The zero-order valence-corrected chi connectivity index (χ0v) is 27.6. The summed E-state index contributed by atoms with van der Waals surface area (Å²) in [4.78, 5) is 15.8. The molecule has 0 fully saturated rings. The predicted molar refractivity (Wildman–Crippen MR) is 171 cm³/mol. The maximum atomic E-state index is 11.1. The molecule has 0 spiro atoms. The van der Waals surface area contributed by atoms with Crippen LogP contribution in [0.15, 0.2) is 40.4 Å². The first-order chi connectivity index (χ1) is 17.5. The van der Waals surface area contributed by atoms with Crippen LogP contribution in [0.25, 0.3) is 0 Å². The van der Waals surface area contributed by atoms with E-state index in [4.69, 9.17) is 9.29 Å². The molecule has 0 bridgehead atoms. The molecule has 0 saturated carbocycles. The van der Waals surface area contributed by atoms with Gasteiger partial charge in [-0.1, -0.05) is 49.3 Å². The molecule has 0 radical (unpaired) electrons. The summed E-state index contributed by atoms with van der Waals surface area (Å²) in [5, 5.41) is 20.9. The number of nitrogens with zero attached hydrogens (tertiary/aromatic N) is 1. The van der Waals surface area contributed by atoms with E-state index >= 15 is 0 Å². The van der Waals surface area contributed by atoms with Gasteiger partial charge in [0.15, 0.2) is 0 Å². The van der Waals surface area contributed by atoms with Crippen LogP contribution in [0.2, 0.25) is 0 Å². The minimum Gasteiger partial charge on any atom is -0.481 e. The average Bonchev–Trinajstić information content (AvgIpc) is 3.16. The average molecular weight is 586 g/mol. The summed E-state index contributed by atoms with van der Waals surface area (Å²) in [6, 6.07) is 0.340. The molecule has 0 amide bonds. The quantitative estimate of drug-likeness (QED) is 0.139. The van der Waals surface area contributed by atoms with Crippen molar-refractivity contribution in [1.82, 2.24) is 0 Å². The largest absolute Gasteiger partial charge is 0.481 e. The lowest BCUT2D eigenvalue weighted by molar-refractivity contribution is -0.139. The van der Waals surface area contributed by atoms with Crippen molar-refractivity contribution in [2.24, 2.45) is 10.9 Å². The molecule has 218 valence electrons. The number of aliphatic hydroxyl groups excluding tert-OH is 1. The second-order valence-electron chi connectivity index (χ2n) is 11.9. The zero-order valence-electron chi connectivity index (χ0n) is 25.1. The monoisotopic (exact) mass is 585 g/mol. The van der Waals surface area contributed by atoms with Crippen molar-refractivity contribution in [3.63, 3.8) is 0 Å². The minimum absolute atomic E-state index is 0.0436. The van der Waals surface area contributed by atoms with Gasteiger partial charge in [-0.15, -0.1) is 23.5 Å². The SMILES string of the molecule is CC1=NC(/C=C(\C)CC/C=C(/C)C/C=C\[C@H](C)[C@H](OSC(C)(C)C)[C@@H](C)SC(C)(C)[C@@H](O)CC(=O)O)CS1. The Bertz CT molecular complexity index is 873. The molecule has 1 unspecified atom stereocenters. The number of hydrogen-bond donors (Lipinski definition) is 2. The predicted octanol–water partition coefficient (Wildman–Crippen LogP) is 8.34. The fourth-order valence-electron chi connectivity index (χ4n) is 4.05. The molecule has 1 rings (SSSR count). The molecule has 2 N–H and O–H groups in total. The van der Waals surface area contributed by atoms with Crippen molar-refractivity contribution in [2.75, 3.05) is 5.75 Å². The number of hydrogen-bond acceptors (Lipinski definition) is 7. The maximum absolute atomic E-state index is 11.1. The van der Waals surface area contributed by atoms with Crippen LogP contribution >= 0.6 is 35.6 Å². The summed E-state index contributed by atoms with van der Waals surface area (Å²) in [6.07, 6.45) is 10.8. The number of aliphatic carboxylic acids is 1. The molecule has 5 nitrogen and oxygen atoms in total. The Balaban J connectivity index is 2.74. The number of thioether (sulfide) groups is 2. The fourth-order valence-corrected chi connectivity index (χ4v) is 7.29. The van der Waals surface area contributed by atoms with Gasteiger partial charge in [0, 0.05) is 26.4 Å². The minimum atomic E-state index is -0.988. The standard InChI is InChI=1S/C30H51NO4S3/c1-20(13-11-15-21(2)17-25-19-36-24(5)31-25)14-12-16-22(3)28(35-38-29(6,7)8)23(4)37-30(9,10)26(32)18-27(33)34/h12-13,16-17,22-23,25-26,28,32H,11,14-15,18-19H2,1-10H3,(H,33,34)/b16-12-,20-13-,21-17+/t22-,23+,25?,26-,28-/m0/s1. The van der Waals surface area contributed by atoms with Crippen molar-refractivity contribution < 1.29 is 19.2 Å². The summed E-state index contributed by atoms with van der Waals surface area (Å²) in [5.74, 6) is 0.237. The molecule has 1 heterocycles. The first kappa shape index (κ1) is 35.4. The molecule has 1 aliphatic heterocycles. The third kappa shape index (κ3) is 14.6. The first-order valence-electron chi connectivity index (χ1n) is 13.6. The van der Waals surface area contributed by atoms with Crippen LogP contribution in [-0.2, 0) is 8.98 Å². The van der Waals surface area contributed by atoms with E-state index in [1.807, 2.05) is 25.6 Å².